The van der Waals surface area contributed by atoms with Crippen LogP contribution < -0.4 is 0 Å². The van der Waals surface area contributed by atoms with Gasteiger partial charge >= 0.3 is 17.9 Å². The molecule has 0 fully saturated rings. The van der Waals surface area contributed by atoms with Gasteiger partial charge in [0.05, 0.1) is 0 Å². The van der Waals surface area contributed by atoms with E-state index in [2.05, 4.69) is 45.1 Å². The Balaban J connectivity index is 4.18. The summed E-state index contributed by atoms with van der Waals surface area (Å²) in [5.41, 5.74) is 0. The first-order chi connectivity index (χ1) is 28.5. The van der Waals surface area contributed by atoms with Crippen molar-refractivity contribution in [2.75, 3.05) is 13.2 Å². The largest absolute Gasteiger partial charge is 0.462 e. The molecule has 6 nitrogen and oxygen atoms in total. The Kier molecular flexibility index (Phi) is 45.8. The van der Waals surface area contributed by atoms with Crippen molar-refractivity contribution in [3.8, 4) is 0 Å². The van der Waals surface area contributed by atoms with Gasteiger partial charge in [0.2, 0.25) is 0 Å². The van der Waals surface area contributed by atoms with Crippen molar-refractivity contribution in [3.63, 3.8) is 0 Å². The van der Waals surface area contributed by atoms with Gasteiger partial charge < -0.3 is 14.2 Å². The molecule has 0 aliphatic heterocycles. The molecule has 0 saturated heterocycles. The SMILES string of the molecule is CCCCCCC/C=C\C/C=C\CCCCCCCCCCCC(=O)OCC(COC(=O)CCCCCCCCC)OC(=O)CCCCCCCCCCCCCC. The van der Waals surface area contributed by atoms with E-state index in [9.17, 15) is 14.4 Å². The third-order valence-electron chi connectivity index (χ3n) is 11.2. The number of rotatable bonds is 46. The highest BCUT2D eigenvalue weighted by Gasteiger charge is 2.19. The first-order valence-corrected chi connectivity index (χ1v) is 25.3. The third-order valence-corrected chi connectivity index (χ3v) is 11.2. The maximum absolute atomic E-state index is 12.7. The summed E-state index contributed by atoms with van der Waals surface area (Å²) in [5, 5.41) is 0. The summed E-state index contributed by atoms with van der Waals surface area (Å²) in [4.78, 5) is 37.7. The van der Waals surface area contributed by atoms with Gasteiger partial charge in [-0.2, -0.15) is 0 Å². The molecule has 0 aliphatic rings. The van der Waals surface area contributed by atoms with Crippen molar-refractivity contribution in [2.45, 2.75) is 277 Å². The Morgan fingerprint density at radius 3 is 0.948 bits per heavy atom. The van der Waals surface area contributed by atoms with Crippen LogP contribution in [0.2, 0.25) is 0 Å². The standard InChI is InChI=1S/C52H96O6/c1-4-7-10-13-16-18-20-22-23-24-25-26-27-28-29-30-32-33-36-39-42-45-51(54)57-48-49(47-56-50(53)44-41-38-35-15-12-9-6-3)58-52(55)46-43-40-37-34-31-21-19-17-14-11-8-5-2/h20,22,24-25,49H,4-19,21,23,26-48H2,1-3H3/b22-20-,25-24-. The van der Waals surface area contributed by atoms with Gasteiger partial charge in [0.25, 0.3) is 0 Å². The molecule has 0 saturated carbocycles. The van der Waals surface area contributed by atoms with Crippen molar-refractivity contribution in [1.29, 1.82) is 0 Å². The Morgan fingerprint density at radius 2 is 0.621 bits per heavy atom. The van der Waals surface area contributed by atoms with E-state index >= 15 is 0 Å². The van der Waals surface area contributed by atoms with E-state index in [0.717, 1.165) is 64.2 Å². The number of carbonyl (C=O) groups excluding carboxylic acids is 3. The minimum absolute atomic E-state index is 0.0690. The predicted octanol–water partition coefficient (Wildman–Crippen LogP) is 16.4. The van der Waals surface area contributed by atoms with Crippen LogP contribution >= 0.6 is 0 Å². The zero-order valence-corrected chi connectivity index (χ0v) is 38.8. The molecule has 0 bridgehead atoms. The number of allylic oxidation sites excluding steroid dienone is 4. The number of unbranched alkanes of at least 4 members (excludes halogenated alkanes) is 31. The lowest BCUT2D eigenvalue weighted by molar-refractivity contribution is -0.167. The Morgan fingerprint density at radius 1 is 0.345 bits per heavy atom. The third kappa shape index (κ3) is 45.0. The molecule has 0 aromatic heterocycles. The summed E-state index contributed by atoms with van der Waals surface area (Å²) in [5.74, 6) is -0.870. The smallest absolute Gasteiger partial charge is 0.306 e. The summed E-state index contributed by atoms with van der Waals surface area (Å²) in [6.45, 7) is 6.60. The molecule has 340 valence electrons. The lowest BCUT2D eigenvalue weighted by Crippen LogP contribution is -2.30. The van der Waals surface area contributed by atoms with Crippen molar-refractivity contribution >= 4 is 17.9 Å². The second-order valence-corrected chi connectivity index (χ2v) is 17.1. The van der Waals surface area contributed by atoms with E-state index in [1.807, 2.05) is 0 Å². The van der Waals surface area contributed by atoms with Crippen molar-refractivity contribution in [2.24, 2.45) is 0 Å². The van der Waals surface area contributed by atoms with Gasteiger partial charge in [0.15, 0.2) is 6.10 Å². The monoisotopic (exact) mass is 817 g/mol. The maximum Gasteiger partial charge on any atom is 0.306 e. The molecule has 0 radical (unpaired) electrons. The fraction of sp³-hybridized carbons (Fsp3) is 0.865. The molecule has 0 N–H and O–H groups in total. The summed E-state index contributed by atoms with van der Waals surface area (Å²) in [7, 11) is 0. The first-order valence-electron chi connectivity index (χ1n) is 25.3. The van der Waals surface area contributed by atoms with E-state index in [-0.39, 0.29) is 31.1 Å². The van der Waals surface area contributed by atoms with Crippen LogP contribution in [-0.4, -0.2) is 37.2 Å². The van der Waals surface area contributed by atoms with Crippen LogP contribution in [0.25, 0.3) is 0 Å². The molecule has 0 spiro atoms. The van der Waals surface area contributed by atoms with Crippen LogP contribution in [0.15, 0.2) is 24.3 Å². The summed E-state index contributed by atoms with van der Waals surface area (Å²) in [6.07, 6.45) is 53.2. The molecule has 6 heteroatoms. The summed E-state index contributed by atoms with van der Waals surface area (Å²) in [6, 6.07) is 0. The number of hydrogen-bond acceptors (Lipinski definition) is 6. The summed E-state index contributed by atoms with van der Waals surface area (Å²) >= 11 is 0. The second kappa shape index (κ2) is 47.6. The summed E-state index contributed by atoms with van der Waals surface area (Å²) < 4.78 is 16.7. The lowest BCUT2D eigenvalue weighted by Gasteiger charge is -2.18. The quantitative estimate of drug-likeness (QED) is 0.0263. The van der Waals surface area contributed by atoms with Crippen LogP contribution in [0, 0.1) is 0 Å². The highest BCUT2D eigenvalue weighted by Crippen LogP contribution is 2.15. The van der Waals surface area contributed by atoms with E-state index in [0.29, 0.717) is 19.3 Å². The van der Waals surface area contributed by atoms with Crippen molar-refractivity contribution in [1.82, 2.24) is 0 Å². The van der Waals surface area contributed by atoms with Crippen molar-refractivity contribution in [3.05, 3.63) is 24.3 Å². The molecule has 0 aromatic rings. The molecule has 1 unspecified atom stereocenters. The van der Waals surface area contributed by atoms with E-state index in [1.54, 1.807) is 0 Å². The Hall–Kier alpha value is -2.11. The fourth-order valence-corrected chi connectivity index (χ4v) is 7.36. The van der Waals surface area contributed by atoms with Crippen LogP contribution in [0.4, 0.5) is 0 Å². The van der Waals surface area contributed by atoms with E-state index in [4.69, 9.17) is 14.2 Å². The zero-order valence-electron chi connectivity index (χ0n) is 38.8. The van der Waals surface area contributed by atoms with Crippen LogP contribution in [-0.2, 0) is 28.6 Å². The number of hydrogen-bond donors (Lipinski definition) is 0. The van der Waals surface area contributed by atoms with Gasteiger partial charge in [0.1, 0.15) is 13.2 Å². The highest BCUT2D eigenvalue weighted by atomic mass is 16.6. The van der Waals surface area contributed by atoms with E-state index < -0.39 is 6.10 Å². The minimum Gasteiger partial charge on any atom is -0.462 e. The molecular weight excluding hydrogens is 721 g/mol. The normalized spacial score (nSPS) is 12.1. The highest BCUT2D eigenvalue weighted by molar-refractivity contribution is 5.71. The number of ether oxygens (including phenoxy) is 3. The van der Waals surface area contributed by atoms with Crippen molar-refractivity contribution < 1.29 is 28.6 Å². The van der Waals surface area contributed by atoms with Crippen LogP contribution in [0.5, 0.6) is 0 Å². The second-order valence-electron chi connectivity index (χ2n) is 17.1. The zero-order chi connectivity index (χ0) is 42.3. The fourth-order valence-electron chi connectivity index (χ4n) is 7.36. The molecule has 1 atom stereocenters. The molecule has 0 amide bonds. The van der Waals surface area contributed by atoms with Gasteiger partial charge in [-0.05, 0) is 51.4 Å². The van der Waals surface area contributed by atoms with Gasteiger partial charge in [-0.3, -0.25) is 14.4 Å². The van der Waals surface area contributed by atoms with Gasteiger partial charge in [-0.15, -0.1) is 0 Å². The maximum atomic E-state index is 12.7. The average molecular weight is 817 g/mol. The molecule has 58 heavy (non-hydrogen) atoms. The number of esters is 3. The van der Waals surface area contributed by atoms with Crippen LogP contribution in [0.1, 0.15) is 271 Å². The molecule has 0 aliphatic carbocycles. The molecule has 0 rings (SSSR count). The first kappa shape index (κ1) is 55.9. The van der Waals surface area contributed by atoms with E-state index in [1.165, 1.54) is 167 Å². The molecule has 0 heterocycles. The van der Waals surface area contributed by atoms with Gasteiger partial charge in [0, 0.05) is 19.3 Å². The molecule has 0 aromatic carbocycles. The Bertz CT molecular complexity index is 942. The van der Waals surface area contributed by atoms with Gasteiger partial charge in [-0.25, -0.2) is 0 Å². The number of carbonyl (C=O) groups is 3. The lowest BCUT2D eigenvalue weighted by atomic mass is 10.0. The predicted molar refractivity (Wildman–Crippen MR) is 247 cm³/mol. The minimum atomic E-state index is -0.764. The topological polar surface area (TPSA) is 78.9 Å². The van der Waals surface area contributed by atoms with Crippen LogP contribution in [0.3, 0.4) is 0 Å². The van der Waals surface area contributed by atoms with Gasteiger partial charge in [-0.1, -0.05) is 225 Å². The average Bonchev–Trinajstić information content (AvgIpc) is 3.22. The Labute approximate surface area is 360 Å². The molecular formula is C52H96O6.